The first-order chi connectivity index (χ1) is 55.2. The van der Waals surface area contributed by atoms with Gasteiger partial charge in [-0.25, -0.2) is 0 Å². The third-order valence-corrected chi connectivity index (χ3v) is 32.8. The molecule has 27 aliphatic carbocycles. The lowest BCUT2D eigenvalue weighted by atomic mass is 9.65. The second-order valence-electron chi connectivity index (χ2n) is 42.2. The second-order valence-corrected chi connectivity index (χ2v) is 42.2. The predicted octanol–water partition coefficient (Wildman–Crippen LogP) is 48.7. The first-order valence-corrected chi connectivity index (χ1v) is 53.4. The Labute approximate surface area is 822 Å². The normalized spacial score (nSPS) is 30.7. The highest BCUT2D eigenvalue weighted by Gasteiger charge is 2.44. The molecule has 0 radical (unpaired) electrons. The van der Waals surface area contributed by atoms with Crippen molar-refractivity contribution in [2.24, 2.45) is 94.7 Å². The first-order valence-electron chi connectivity index (χ1n) is 53.4. The van der Waals surface area contributed by atoms with Crippen LogP contribution in [-0.2, 0) is 0 Å². The second kappa shape index (κ2) is 97.3. The van der Waals surface area contributed by atoms with E-state index < -0.39 is 0 Å². The molecule has 0 saturated heterocycles. The topological polar surface area (TPSA) is 0 Å². The molecule has 6 atom stereocenters. The Morgan fingerprint density at radius 1 is 0.102 bits per heavy atom. The lowest BCUT2D eigenvalue weighted by molar-refractivity contribution is 0.116. The van der Waals surface area contributed by atoms with Crippen LogP contribution in [0.3, 0.4) is 0 Å². The van der Waals surface area contributed by atoms with E-state index in [-0.39, 0.29) is 126 Å². The van der Waals surface area contributed by atoms with Crippen molar-refractivity contribution in [1.29, 1.82) is 0 Å². The SMILES string of the molecule is C.C.C.C.C.C.C.C.C.C.C.C.C.C.C.C.C.C1=CCC=CC1.C1=CCCC=C1.C1=CCCCC1.C1CC1.C1CC2CC(C1)C2.C1CC2CC12.C1CC2CC2C1.C1CC2CCC1C2.C1CC2CCC1CC2.C1CC2CCCC2C1.C1CCC1.C1CCC2CCCC2C1.C1CCC2CCCCC2C1.C1CCCC1.C1CCCCC1.C1CCCCCC1.C1CCCCCCC1. The fourth-order valence-corrected chi connectivity index (χ4v) is 24.1. The van der Waals surface area contributed by atoms with Crippen LogP contribution in [0.4, 0.5) is 0 Å². The van der Waals surface area contributed by atoms with Gasteiger partial charge in [0.2, 0.25) is 0 Å². The van der Waals surface area contributed by atoms with Gasteiger partial charge < -0.3 is 0 Å². The monoisotopic (exact) mass is 1800 g/mol. The molecule has 128 heavy (non-hydrogen) atoms. The summed E-state index contributed by atoms with van der Waals surface area (Å²) in [4.78, 5) is 0. The van der Waals surface area contributed by atoms with Crippen molar-refractivity contribution >= 4 is 0 Å². The summed E-state index contributed by atoms with van der Waals surface area (Å²) in [6.07, 6.45) is 150. The van der Waals surface area contributed by atoms with Gasteiger partial charge in [-0.2, -0.15) is 0 Å². The van der Waals surface area contributed by atoms with E-state index in [1.165, 1.54) is 392 Å². The van der Waals surface area contributed by atoms with Gasteiger partial charge in [-0.05, 0) is 191 Å². The minimum Gasteiger partial charge on any atom is -0.0885 e. The van der Waals surface area contributed by atoms with Crippen LogP contribution in [0.15, 0.2) is 60.8 Å². The Kier molecular flexibility index (Phi) is 110. The Bertz CT molecular complexity index is 2020. The van der Waals surface area contributed by atoms with Crippen LogP contribution in [-0.4, -0.2) is 0 Å². The molecule has 0 aromatic carbocycles. The zero-order chi connectivity index (χ0) is 76.4. The summed E-state index contributed by atoms with van der Waals surface area (Å²) < 4.78 is 0. The van der Waals surface area contributed by atoms with Crippen molar-refractivity contribution in [3.05, 3.63) is 60.8 Å². The molecule has 0 aromatic heterocycles. The predicted molar refractivity (Wildman–Crippen MR) is 608 cm³/mol. The largest absolute Gasteiger partial charge is 0.0885 e. The molecule has 0 nitrogen and oxygen atoms in total. The number of rotatable bonds is 0. The molecule has 776 valence electrons. The van der Waals surface area contributed by atoms with E-state index in [0.29, 0.717) is 0 Å². The van der Waals surface area contributed by atoms with E-state index >= 15 is 0 Å². The van der Waals surface area contributed by atoms with Crippen molar-refractivity contribution in [2.75, 3.05) is 0 Å². The Hall–Kier alpha value is -1.30. The smallest absolute Gasteiger partial charge is 0.0169 e. The highest BCUT2D eigenvalue weighted by Crippen LogP contribution is 2.55. The minimum absolute atomic E-state index is 0. The zero-order valence-corrected chi connectivity index (χ0v) is 75.1. The van der Waals surface area contributed by atoms with Gasteiger partial charge in [-0.1, -0.05) is 636 Å². The Morgan fingerprint density at radius 2 is 0.273 bits per heavy atom. The standard InChI is InChI=1S/C10H18.C9H16.2C8H14.C8H16.2C7H12.C7H14.C6H10.C6H12.C6H10.2C6H8.C5H8.C5H10.C4H8.C3H6.17CH4/c1-2-6-10-8-4-3-7-9(10)5-1;1-2-5-9-7-3-6-8(9)4-1;1-3-7-5-2-6-8(7)4-1;1-2-8-5-3-7(1)4-6-8;1-2-4-6-8-7-5-3-1;1-2-7-4-3-6(1)5-7;1-2-6-4-7(3-1)5-6;1-2-4-6-7-5-3-1;1-2-5-4-6(5)3-1;4*1-2-4-6-5-3-1;1-2-5-3-4(1)5;1-2-4-5-3-1;1-2-4-3-1;1-2-3-1;;;;;;;;;;;;;;;;;/h9-10H,1-8H2;8-9H,1-7H2;2*7-8H,1-6H2;1-8H2;2*6-7H,1-5H2;1-7H2;5-6H,1-4H2;1-6H2;1-2H,3-6H2;1-2,5-6H,3-4H2;1-4H,5-6H2;4-5H,1-3H2;1-5H2;1-4H2;1-3H2;17*1H4. The molecule has 24 fully saturated rings. The van der Waals surface area contributed by atoms with Crippen molar-refractivity contribution in [3.63, 3.8) is 0 Å². The van der Waals surface area contributed by atoms with Crippen LogP contribution in [0.25, 0.3) is 0 Å². The van der Waals surface area contributed by atoms with Crippen molar-refractivity contribution < 1.29 is 0 Å². The maximum absolute atomic E-state index is 2.27. The van der Waals surface area contributed by atoms with Gasteiger partial charge in [0.15, 0.2) is 0 Å². The fourth-order valence-electron chi connectivity index (χ4n) is 24.1. The summed E-state index contributed by atoms with van der Waals surface area (Å²) in [7, 11) is 0. The lowest BCUT2D eigenvalue weighted by Crippen LogP contribution is -2.28. The van der Waals surface area contributed by atoms with Crippen molar-refractivity contribution in [2.45, 2.75) is 672 Å². The van der Waals surface area contributed by atoms with Gasteiger partial charge in [0, 0.05) is 0 Å². The maximum Gasteiger partial charge on any atom is -0.0169 e. The Balaban J connectivity index is -0.000000167. The molecule has 0 amide bonds. The minimum atomic E-state index is 0. The van der Waals surface area contributed by atoms with Crippen molar-refractivity contribution in [1.82, 2.24) is 0 Å². The average Bonchev–Trinajstić information content (AvgIpc) is 1.92. The average molecular weight is 1800 g/mol. The molecule has 24 saturated carbocycles. The van der Waals surface area contributed by atoms with Crippen LogP contribution in [0.5, 0.6) is 0 Å². The summed E-state index contributed by atoms with van der Waals surface area (Å²) in [5.41, 5.74) is 0. The summed E-state index contributed by atoms with van der Waals surface area (Å²) in [6, 6.07) is 0. The molecule has 0 heteroatoms. The lowest BCUT2D eigenvalue weighted by Gasteiger charge is -2.40. The number of allylic oxidation sites excluding steroid dienone is 10. The van der Waals surface area contributed by atoms with E-state index in [4.69, 9.17) is 0 Å². The molecule has 27 rings (SSSR count). The Morgan fingerprint density at radius 3 is 0.375 bits per heavy atom. The van der Waals surface area contributed by atoms with Gasteiger partial charge in [0.05, 0.1) is 0 Å². The molecule has 0 N–H and O–H groups in total. The maximum atomic E-state index is 2.27. The van der Waals surface area contributed by atoms with Gasteiger partial charge >= 0.3 is 0 Å². The molecule has 27 aliphatic rings. The number of hydrogen-bond donors (Lipinski definition) is 0. The highest BCUT2D eigenvalue weighted by atomic mass is 14.5. The molecular formula is C128H264. The fraction of sp³-hybridized carbons (Fsp3) is 0.922. The number of fused-ring (bicyclic) bond motifs is 12. The molecule has 6 bridgehead atoms. The van der Waals surface area contributed by atoms with Crippen LogP contribution in [0.1, 0.15) is 672 Å². The van der Waals surface area contributed by atoms with Gasteiger partial charge in [0.1, 0.15) is 0 Å². The van der Waals surface area contributed by atoms with E-state index in [1.54, 1.807) is 212 Å². The van der Waals surface area contributed by atoms with E-state index in [2.05, 4.69) is 60.8 Å². The highest BCUT2D eigenvalue weighted by molar-refractivity contribution is 5.07. The molecular weight excluding hydrogens is 1540 g/mol. The van der Waals surface area contributed by atoms with Gasteiger partial charge in [-0.3, -0.25) is 0 Å². The molecule has 0 heterocycles. The van der Waals surface area contributed by atoms with Crippen LogP contribution in [0.2, 0.25) is 0 Å². The molecule has 6 unspecified atom stereocenters. The third-order valence-electron chi connectivity index (χ3n) is 32.8. The van der Waals surface area contributed by atoms with Crippen molar-refractivity contribution in [3.8, 4) is 0 Å². The third kappa shape index (κ3) is 70.3. The quantitative estimate of drug-likeness (QED) is 0.168. The molecule has 0 spiro atoms. The van der Waals surface area contributed by atoms with E-state index in [0.717, 1.165) is 36.5 Å². The summed E-state index contributed by atoms with van der Waals surface area (Å²) in [6.45, 7) is 0. The van der Waals surface area contributed by atoms with Crippen LogP contribution in [0, 0.1) is 94.7 Å². The van der Waals surface area contributed by atoms with Crippen LogP contribution < -0.4 is 0 Å². The molecule has 0 aromatic rings. The summed E-state index contributed by atoms with van der Waals surface area (Å²) in [5, 5.41) is 0. The summed E-state index contributed by atoms with van der Waals surface area (Å²) in [5.74, 6) is 18.9. The van der Waals surface area contributed by atoms with Crippen LogP contribution >= 0.6 is 0 Å². The molecule has 0 aliphatic heterocycles. The summed E-state index contributed by atoms with van der Waals surface area (Å²) >= 11 is 0. The van der Waals surface area contributed by atoms with Gasteiger partial charge in [0.25, 0.3) is 0 Å². The first kappa shape index (κ1) is 145. The zero-order valence-electron chi connectivity index (χ0n) is 75.1. The van der Waals surface area contributed by atoms with E-state index in [9.17, 15) is 0 Å². The van der Waals surface area contributed by atoms with E-state index in [1.807, 2.05) is 0 Å². The number of hydrogen-bond acceptors (Lipinski definition) is 0. The van der Waals surface area contributed by atoms with Gasteiger partial charge in [-0.15, -0.1) is 0 Å².